The van der Waals surface area contributed by atoms with Crippen LogP contribution in [0.2, 0.25) is 0 Å². The van der Waals surface area contributed by atoms with Crippen molar-refractivity contribution in [3.63, 3.8) is 0 Å². The molecule has 1 heterocycles. The molecule has 158 valence electrons. The number of rotatable bonds is 6. The summed E-state index contributed by atoms with van der Waals surface area (Å²) >= 11 is 0. The molecular formula is C23H22N4O4. The molecule has 1 aliphatic heterocycles. The van der Waals surface area contributed by atoms with Gasteiger partial charge < -0.3 is 9.64 Å². The number of non-ortho nitro benzene ring substituents is 1. The number of nitro benzene ring substituents is 1. The van der Waals surface area contributed by atoms with E-state index in [-0.39, 0.29) is 18.0 Å². The summed E-state index contributed by atoms with van der Waals surface area (Å²) in [6.07, 6.45) is 1.64. The van der Waals surface area contributed by atoms with Gasteiger partial charge in [0, 0.05) is 36.5 Å². The van der Waals surface area contributed by atoms with Gasteiger partial charge in [0.15, 0.2) is 0 Å². The van der Waals surface area contributed by atoms with Gasteiger partial charge in [0.25, 0.3) is 5.69 Å². The summed E-state index contributed by atoms with van der Waals surface area (Å²) in [6.45, 7) is 2.56. The zero-order valence-corrected chi connectivity index (χ0v) is 16.9. The third-order valence-corrected chi connectivity index (χ3v) is 5.20. The minimum atomic E-state index is -0.445. The van der Waals surface area contributed by atoms with Crippen molar-refractivity contribution < 1.29 is 14.5 Å². The van der Waals surface area contributed by atoms with E-state index < -0.39 is 4.92 Å². The maximum Gasteiger partial charge on any atom is 0.270 e. The molecular weight excluding hydrogens is 396 g/mol. The van der Waals surface area contributed by atoms with Crippen LogP contribution in [-0.4, -0.2) is 43.3 Å². The van der Waals surface area contributed by atoms with Crippen LogP contribution in [0.15, 0.2) is 65.8 Å². The predicted molar refractivity (Wildman–Crippen MR) is 120 cm³/mol. The van der Waals surface area contributed by atoms with Gasteiger partial charge in [0.1, 0.15) is 0 Å². The Kier molecular flexibility index (Phi) is 6.18. The van der Waals surface area contributed by atoms with Crippen molar-refractivity contribution in [2.24, 2.45) is 5.10 Å². The van der Waals surface area contributed by atoms with E-state index in [1.165, 1.54) is 18.3 Å². The van der Waals surface area contributed by atoms with Crippen molar-refractivity contribution in [3.05, 3.63) is 81.9 Å². The first-order chi connectivity index (χ1) is 15.1. The number of hydrogen-bond acceptors (Lipinski definition) is 6. The van der Waals surface area contributed by atoms with Crippen LogP contribution < -0.4 is 10.3 Å². The second kappa shape index (κ2) is 9.36. The van der Waals surface area contributed by atoms with E-state index in [1.54, 1.807) is 6.07 Å². The highest BCUT2D eigenvalue weighted by Crippen LogP contribution is 2.25. The Hall–Kier alpha value is -3.78. The van der Waals surface area contributed by atoms with Crippen molar-refractivity contribution in [2.75, 3.05) is 31.2 Å². The third kappa shape index (κ3) is 4.87. The van der Waals surface area contributed by atoms with Gasteiger partial charge >= 0.3 is 0 Å². The Morgan fingerprint density at radius 3 is 2.71 bits per heavy atom. The topological polar surface area (TPSA) is 97.1 Å². The fraction of sp³-hybridized carbons (Fsp3) is 0.217. The number of nitrogens with one attached hydrogen (secondary N) is 1. The second-order valence-electron chi connectivity index (χ2n) is 7.21. The van der Waals surface area contributed by atoms with Crippen LogP contribution in [-0.2, 0) is 16.0 Å². The molecule has 3 aromatic rings. The van der Waals surface area contributed by atoms with Crippen molar-refractivity contribution in [3.8, 4) is 0 Å². The van der Waals surface area contributed by atoms with E-state index in [2.05, 4.69) is 15.4 Å². The standard InChI is InChI=1S/C23H22N4O4/c28-23(15-18-6-3-5-17-4-1-2-7-21(17)18)25-24-16-19-14-20(27(29)30)8-9-22(19)26-10-12-31-13-11-26/h1-9,14,16H,10-13,15H2,(H,25,28)/b24-16-. The summed E-state index contributed by atoms with van der Waals surface area (Å²) in [5.41, 5.74) is 4.82. The van der Waals surface area contributed by atoms with Gasteiger partial charge in [-0.3, -0.25) is 14.9 Å². The summed E-state index contributed by atoms with van der Waals surface area (Å²) in [4.78, 5) is 25.3. The quantitative estimate of drug-likeness (QED) is 0.376. The molecule has 0 aliphatic carbocycles. The fourth-order valence-corrected chi connectivity index (χ4v) is 3.68. The van der Waals surface area contributed by atoms with Gasteiger partial charge in [0.05, 0.1) is 30.8 Å². The summed E-state index contributed by atoms with van der Waals surface area (Å²) in [6, 6.07) is 18.4. The molecule has 1 saturated heterocycles. The SMILES string of the molecule is O=C(Cc1cccc2ccccc12)N/N=C\c1cc([N+](=O)[O-])ccc1N1CCOCC1. The number of fused-ring (bicyclic) bond motifs is 1. The zero-order chi connectivity index (χ0) is 21.6. The number of anilines is 1. The number of morpholine rings is 1. The summed E-state index contributed by atoms with van der Waals surface area (Å²) in [5.74, 6) is -0.258. The maximum absolute atomic E-state index is 12.4. The molecule has 0 atom stereocenters. The molecule has 0 aromatic heterocycles. The van der Waals surface area contributed by atoms with Gasteiger partial charge in [-0.15, -0.1) is 0 Å². The van der Waals surface area contributed by atoms with Crippen LogP contribution in [0.3, 0.4) is 0 Å². The highest BCUT2D eigenvalue weighted by atomic mass is 16.6. The molecule has 0 radical (unpaired) electrons. The van der Waals surface area contributed by atoms with Crippen molar-refractivity contribution in [1.82, 2.24) is 5.43 Å². The number of nitrogens with zero attached hydrogens (tertiary/aromatic N) is 3. The number of carbonyl (C=O) groups excluding carboxylic acids is 1. The Labute approximate surface area is 179 Å². The van der Waals surface area contributed by atoms with Gasteiger partial charge in [0.2, 0.25) is 5.91 Å². The fourth-order valence-electron chi connectivity index (χ4n) is 3.68. The van der Waals surface area contributed by atoms with Gasteiger partial charge in [-0.1, -0.05) is 42.5 Å². The van der Waals surface area contributed by atoms with E-state index in [0.717, 1.165) is 22.0 Å². The molecule has 3 aromatic carbocycles. The van der Waals surface area contributed by atoms with Crippen LogP contribution in [0.25, 0.3) is 10.8 Å². The van der Waals surface area contributed by atoms with Gasteiger partial charge in [-0.05, 0) is 22.4 Å². The number of hydrazone groups is 1. The monoisotopic (exact) mass is 418 g/mol. The van der Waals surface area contributed by atoms with Crippen molar-refractivity contribution in [1.29, 1.82) is 0 Å². The molecule has 0 bridgehead atoms. The normalized spacial score (nSPS) is 14.1. The zero-order valence-electron chi connectivity index (χ0n) is 16.9. The lowest BCUT2D eigenvalue weighted by Crippen LogP contribution is -2.36. The first-order valence-corrected chi connectivity index (χ1v) is 10.0. The molecule has 8 nitrogen and oxygen atoms in total. The smallest absolute Gasteiger partial charge is 0.270 e. The van der Waals surface area contributed by atoms with E-state index in [9.17, 15) is 14.9 Å². The average Bonchev–Trinajstić information content (AvgIpc) is 2.80. The number of benzene rings is 3. The lowest BCUT2D eigenvalue weighted by molar-refractivity contribution is -0.384. The van der Waals surface area contributed by atoms with Crippen LogP contribution >= 0.6 is 0 Å². The van der Waals surface area contributed by atoms with E-state index >= 15 is 0 Å². The molecule has 0 saturated carbocycles. The summed E-state index contributed by atoms with van der Waals surface area (Å²) < 4.78 is 5.38. The Morgan fingerprint density at radius 2 is 1.90 bits per heavy atom. The lowest BCUT2D eigenvalue weighted by atomic mass is 10.0. The maximum atomic E-state index is 12.4. The van der Waals surface area contributed by atoms with Crippen LogP contribution in [0.4, 0.5) is 11.4 Å². The first-order valence-electron chi connectivity index (χ1n) is 10.0. The number of carbonyl (C=O) groups is 1. The van der Waals surface area contributed by atoms with Crippen LogP contribution in [0.5, 0.6) is 0 Å². The number of amides is 1. The molecule has 31 heavy (non-hydrogen) atoms. The third-order valence-electron chi connectivity index (χ3n) is 5.20. The molecule has 0 unspecified atom stereocenters. The largest absolute Gasteiger partial charge is 0.378 e. The Balaban J connectivity index is 1.50. The Morgan fingerprint density at radius 1 is 1.13 bits per heavy atom. The van der Waals surface area contributed by atoms with Gasteiger partial charge in [-0.2, -0.15) is 5.10 Å². The van der Waals surface area contributed by atoms with Gasteiger partial charge in [-0.25, -0.2) is 5.43 Å². The molecule has 4 rings (SSSR count). The highest BCUT2D eigenvalue weighted by molar-refractivity contribution is 5.92. The first kappa shape index (κ1) is 20.5. The van der Waals surface area contributed by atoms with E-state index in [0.29, 0.717) is 31.9 Å². The van der Waals surface area contributed by atoms with Crippen LogP contribution in [0, 0.1) is 10.1 Å². The number of nitro groups is 1. The summed E-state index contributed by atoms with van der Waals surface area (Å²) in [7, 11) is 0. The van der Waals surface area contributed by atoms with Crippen molar-refractivity contribution >= 4 is 34.3 Å². The molecule has 1 aliphatic rings. The average molecular weight is 418 g/mol. The van der Waals surface area contributed by atoms with Crippen LogP contribution in [0.1, 0.15) is 11.1 Å². The Bertz CT molecular complexity index is 1130. The molecule has 8 heteroatoms. The minimum absolute atomic E-state index is 0.0273. The summed E-state index contributed by atoms with van der Waals surface area (Å²) in [5, 5.41) is 17.4. The number of hydrogen-bond donors (Lipinski definition) is 1. The molecule has 1 amide bonds. The van der Waals surface area contributed by atoms with E-state index in [1.807, 2.05) is 42.5 Å². The lowest BCUT2D eigenvalue weighted by Gasteiger charge is -2.29. The molecule has 1 N–H and O–H groups in total. The second-order valence-corrected chi connectivity index (χ2v) is 7.21. The minimum Gasteiger partial charge on any atom is -0.378 e. The predicted octanol–water partition coefficient (Wildman–Crippen LogP) is 3.28. The van der Waals surface area contributed by atoms with Crippen molar-refractivity contribution in [2.45, 2.75) is 6.42 Å². The molecule has 0 spiro atoms. The number of ether oxygens (including phenoxy) is 1. The van der Waals surface area contributed by atoms with E-state index in [4.69, 9.17) is 4.74 Å². The molecule has 1 fully saturated rings. The highest BCUT2D eigenvalue weighted by Gasteiger charge is 2.17.